The number of aromatic carboxylic acids is 1. The molecular weight excluding hydrogens is 431 g/mol. The maximum atomic E-state index is 13.1. The molecule has 2 rings (SSSR count). The molecule has 0 aromatic heterocycles. The fourth-order valence-corrected chi connectivity index (χ4v) is 3.62. The first-order valence-electron chi connectivity index (χ1n) is 8.26. The standard InChI is InChI=1S/C18H18F3NO7S/c1-27-7-8-29-14-6-4-12(18(19,20)21)10-13(14)22-30(25,26)16-9-11(17(23)24)3-5-15(16)28-2/h3-6,9-10,22H,7-8H2,1-2H3,(H,23,24). The van der Waals surface area contributed by atoms with Crippen molar-refractivity contribution in [3.8, 4) is 11.5 Å². The van der Waals surface area contributed by atoms with Crippen molar-refractivity contribution in [1.82, 2.24) is 0 Å². The summed E-state index contributed by atoms with van der Waals surface area (Å²) in [6.07, 6.45) is -4.73. The number of methoxy groups -OCH3 is 2. The van der Waals surface area contributed by atoms with Gasteiger partial charge >= 0.3 is 12.1 Å². The fraction of sp³-hybridized carbons (Fsp3) is 0.278. The van der Waals surface area contributed by atoms with E-state index in [0.29, 0.717) is 6.07 Å². The van der Waals surface area contributed by atoms with Gasteiger partial charge in [-0.1, -0.05) is 0 Å². The second kappa shape index (κ2) is 9.22. The zero-order valence-corrected chi connectivity index (χ0v) is 16.6. The number of hydrogen-bond donors (Lipinski definition) is 2. The highest BCUT2D eigenvalue weighted by Crippen LogP contribution is 2.37. The molecule has 0 amide bonds. The van der Waals surface area contributed by atoms with Crippen molar-refractivity contribution < 1.29 is 45.7 Å². The fourth-order valence-electron chi connectivity index (χ4n) is 2.37. The Labute approximate surface area is 170 Å². The Hall–Kier alpha value is -2.99. The van der Waals surface area contributed by atoms with Crippen molar-refractivity contribution in [1.29, 1.82) is 0 Å². The number of sulfonamides is 1. The van der Waals surface area contributed by atoms with E-state index in [0.717, 1.165) is 30.3 Å². The third-order valence-corrected chi connectivity index (χ3v) is 5.18. The molecule has 0 aliphatic carbocycles. The van der Waals surface area contributed by atoms with Gasteiger partial charge in [0.15, 0.2) is 0 Å². The van der Waals surface area contributed by atoms with Crippen molar-refractivity contribution in [2.45, 2.75) is 11.1 Å². The van der Waals surface area contributed by atoms with Crippen molar-refractivity contribution in [3.05, 3.63) is 47.5 Å². The predicted octanol–water partition coefficient (Wildman–Crippen LogP) is 3.24. The number of carboxylic acid groups (broad SMARTS) is 1. The number of carboxylic acids is 1. The van der Waals surface area contributed by atoms with Crippen LogP contribution in [0.15, 0.2) is 41.3 Å². The Morgan fingerprint density at radius 1 is 1.07 bits per heavy atom. The molecule has 0 aliphatic rings. The van der Waals surface area contributed by atoms with Gasteiger partial charge in [0.05, 0.1) is 30.5 Å². The van der Waals surface area contributed by atoms with Crippen LogP contribution in [0.25, 0.3) is 0 Å². The third kappa shape index (κ3) is 5.54. The molecule has 0 radical (unpaired) electrons. The molecule has 2 N–H and O–H groups in total. The highest BCUT2D eigenvalue weighted by Gasteiger charge is 2.32. The van der Waals surface area contributed by atoms with E-state index in [1.807, 2.05) is 4.72 Å². The summed E-state index contributed by atoms with van der Waals surface area (Å²) >= 11 is 0. The zero-order chi connectivity index (χ0) is 22.5. The molecule has 0 bridgehead atoms. The van der Waals surface area contributed by atoms with Crippen LogP contribution in [0.4, 0.5) is 18.9 Å². The van der Waals surface area contributed by atoms with E-state index in [1.54, 1.807) is 0 Å². The van der Waals surface area contributed by atoms with E-state index in [9.17, 15) is 26.4 Å². The first-order valence-corrected chi connectivity index (χ1v) is 9.75. The number of anilines is 1. The normalized spacial score (nSPS) is 11.8. The first-order chi connectivity index (χ1) is 14.0. The van der Waals surface area contributed by atoms with Crippen molar-refractivity contribution in [2.75, 3.05) is 32.2 Å². The highest BCUT2D eigenvalue weighted by atomic mass is 32.2. The van der Waals surface area contributed by atoms with E-state index in [-0.39, 0.29) is 30.3 Å². The summed E-state index contributed by atoms with van der Waals surface area (Å²) in [5.41, 5.74) is -1.94. The largest absolute Gasteiger partial charge is 0.495 e. The molecule has 0 unspecified atom stereocenters. The minimum absolute atomic E-state index is 0.0472. The minimum atomic E-state index is -4.73. The van der Waals surface area contributed by atoms with Crippen LogP contribution in [-0.4, -0.2) is 46.9 Å². The van der Waals surface area contributed by atoms with Gasteiger partial charge in [-0.2, -0.15) is 13.2 Å². The lowest BCUT2D eigenvalue weighted by Crippen LogP contribution is -2.17. The second-order valence-electron chi connectivity index (χ2n) is 5.83. The summed E-state index contributed by atoms with van der Waals surface area (Å²) in [7, 11) is -1.99. The molecule has 0 heterocycles. The number of carbonyl (C=O) groups is 1. The van der Waals surface area contributed by atoms with Gasteiger partial charge in [0.25, 0.3) is 10.0 Å². The van der Waals surface area contributed by atoms with Crippen LogP contribution < -0.4 is 14.2 Å². The van der Waals surface area contributed by atoms with Crippen LogP contribution in [-0.2, 0) is 20.9 Å². The molecule has 164 valence electrons. The quantitative estimate of drug-likeness (QED) is 0.566. The van der Waals surface area contributed by atoms with Gasteiger partial charge in [0, 0.05) is 7.11 Å². The number of nitrogens with one attached hydrogen (secondary N) is 1. The smallest absolute Gasteiger partial charge is 0.416 e. The molecule has 8 nitrogen and oxygen atoms in total. The summed E-state index contributed by atoms with van der Waals surface area (Å²) in [5.74, 6) is -1.75. The maximum absolute atomic E-state index is 13.1. The summed E-state index contributed by atoms with van der Waals surface area (Å²) in [5, 5.41) is 9.11. The molecule has 0 aliphatic heterocycles. The molecule has 2 aromatic carbocycles. The first kappa shape index (κ1) is 23.3. The molecule has 12 heteroatoms. The molecule has 0 saturated heterocycles. The highest BCUT2D eigenvalue weighted by molar-refractivity contribution is 7.92. The van der Waals surface area contributed by atoms with Crippen molar-refractivity contribution in [2.24, 2.45) is 0 Å². The maximum Gasteiger partial charge on any atom is 0.416 e. The third-order valence-electron chi connectivity index (χ3n) is 3.80. The monoisotopic (exact) mass is 449 g/mol. The minimum Gasteiger partial charge on any atom is -0.495 e. The van der Waals surface area contributed by atoms with E-state index in [4.69, 9.17) is 19.3 Å². The number of alkyl halides is 3. The molecule has 0 atom stereocenters. The number of halogens is 3. The Balaban J connectivity index is 2.53. The summed E-state index contributed by atoms with van der Waals surface area (Å²) in [6, 6.07) is 5.38. The Morgan fingerprint density at radius 2 is 1.73 bits per heavy atom. The predicted molar refractivity (Wildman–Crippen MR) is 99.6 cm³/mol. The topological polar surface area (TPSA) is 111 Å². The van der Waals surface area contributed by atoms with Crippen LogP contribution in [0.1, 0.15) is 15.9 Å². The Kier molecular flexibility index (Phi) is 7.16. The lowest BCUT2D eigenvalue weighted by molar-refractivity contribution is -0.137. The van der Waals surface area contributed by atoms with Crippen molar-refractivity contribution in [3.63, 3.8) is 0 Å². The number of rotatable bonds is 9. The molecule has 0 spiro atoms. The van der Waals surface area contributed by atoms with Crippen LogP contribution >= 0.6 is 0 Å². The molecule has 0 saturated carbocycles. The molecule has 2 aromatic rings. The van der Waals surface area contributed by atoms with Crippen LogP contribution in [0.2, 0.25) is 0 Å². The second-order valence-corrected chi connectivity index (χ2v) is 7.48. The van der Waals surface area contributed by atoms with Gasteiger partial charge in [0.1, 0.15) is 23.0 Å². The van der Waals surface area contributed by atoms with Gasteiger partial charge in [-0.25, -0.2) is 13.2 Å². The lowest BCUT2D eigenvalue weighted by atomic mass is 10.2. The molecule has 0 fully saturated rings. The van der Waals surface area contributed by atoms with E-state index >= 15 is 0 Å². The molecule has 30 heavy (non-hydrogen) atoms. The van der Waals surface area contributed by atoms with Crippen LogP contribution in [0, 0.1) is 0 Å². The summed E-state index contributed by atoms with van der Waals surface area (Å²) in [6.45, 7) is 0.0656. The number of ether oxygens (including phenoxy) is 3. The van der Waals surface area contributed by atoms with Crippen LogP contribution in [0.5, 0.6) is 11.5 Å². The van der Waals surface area contributed by atoms with Gasteiger partial charge < -0.3 is 19.3 Å². The van der Waals surface area contributed by atoms with Gasteiger partial charge in [-0.15, -0.1) is 0 Å². The summed E-state index contributed by atoms with van der Waals surface area (Å²) in [4.78, 5) is 10.6. The zero-order valence-electron chi connectivity index (χ0n) is 15.8. The van der Waals surface area contributed by atoms with Crippen LogP contribution in [0.3, 0.4) is 0 Å². The van der Waals surface area contributed by atoms with Crippen molar-refractivity contribution >= 4 is 21.7 Å². The van der Waals surface area contributed by atoms with E-state index in [1.165, 1.54) is 14.2 Å². The number of benzene rings is 2. The number of hydrogen-bond acceptors (Lipinski definition) is 6. The average molecular weight is 449 g/mol. The Morgan fingerprint density at radius 3 is 2.30 bits per heavy atom. The van der Waals surface area contributed by atoms with Gasteiger partial charge in [-0.05, 0) is 36.4 Å². The van der Waals surface area contributed by atoms with E-state index < -0.39 is 38.3 Å². The van der Waals surface area contributed by atoms with Gasteiger partial charge in [0.2, 0.25) is 0 Å². The molecular formula is C18H18F3NO7S. The SMILES string of the molecule is COCCOc1ccc(C(F)(F)F)cc1NS(=O)(=O)c1cc(C(=O)O)ccc1OC. The Bertz CT molecular complexity index is 1020. The lowest BCUT2D eigenvalue weighted by Gasteiger charge is -2.17. The summed E-state index contributed by atoms with van der Waals surface area (Å²) < 4.78 is 82.1. The van der Waals surface area contributed by atoms with E-state index in [2.05, 4.69) is 0 Å². The average Bonchev–Trinajstić information content (AvgIpc) is 2.67. The van der Waals surface area contributed by atoms with Gasteiger partial charge in [-0.3, -0.25) is 4.72 Å².